The lowest BCUT2D eigenvalue weighted by molar-refractivity contribution is -0.139. The molecule has 0 amide bonds. The average molecular weight is 262 g/mol. The normalized spacial score (nSPS) is 17.6. The van der Waals surface area contributed by atoms with Gasteiger partial charge in [0.15, 0.2) is 0 Å². The number of carbonyl (C=O) groups is 1. The Hall–Kier alpha value is -1.31. The standard InChI is InChI=1S/C17H26O2/c1-13-8-10-17(11-9-13)15(3)7-5-6-14(2)12-19-16(4)18/h6,8,10,15H,5,7,9,11-12H2,1-4H3/b14-6-/t15-/m0/s1. The molecule has 0 N–H and O–H groups in total. The van der Waals surface area contributed by atoms with Crippen molar-refractivity contribution in [1.82, 2.24) is 0 Å². The molecular formula is C17H26O2. The predicted octanol–water partition coefficient (Wildman–Crippen LogP) is 4.58. The minimum atomic E-state index is -0.212. The Morgan fingerprint density at radius 1 is 1.37 bits per heavy atom. The molecule has 1 aliphatic rings. The summed E-state index contributed by atoms with van der Waals surface area (Å²) < 4.78 is 4.96. The number of ether oxygens (including phenoxy) is 1. The SMILES string of the molecule is CC(=O)OC/C(C)=C\CC[C@H](C)C1=CC=C(C)CC1. The third-order valence-corrected chi connectivity index (χ3v) is 3.62. The molecule has 0 bridgehead atoms. The zero-order valence-electron chi connectivity index (χ0n) is 12.7. The molecule has 19 heavy (non-hydrogen) atoms. The van der Waals surface area contributed by atoms with E-state index in [-0.39, 0.29) is 5.97 Å². The van der Waals surface area contributed by atoms with Crippen molar-refractivity contribution in [2.75, 3.05) is 6.61 Å². The lowest BCUT2D eigenvalue weighted by Gasteiger charge is -2.18. The topological polar surface area (TPSA) is 26.3 Å². The van der Waals surface area contributed by atoms with Crippen LogP contribution in [-0.2, 0) is 9.53 Å². The molecule has 0 saturated carbocycles. The van der Waals surface area contributed by atoms with Gasteiger partial charge in [0.2, 0.25) is 0 Å². The minimum absolute atomic E-state index is 0.212. The van der Waals surface area contributed by atoms with E-state index < -0.39 is 0 Å². The van der Waals surface area contributed by atoms with Crippen LogP contribution in [0.1, 0.15) is 53.4 Å². The van der Waals surface area contributed by atoms with Crippen molar-refractivity contribution in [1.29, 1.82) is 0 Å². The maximum atomic E-state index is 10.7. The molecule has 0 aromatic rings. The molecule has 106 valence electrons. The van der Waals surface area contributed by atoms with E-state index in [9.17, 15) is 4.79 Å². The summed E-state index contributed by atoms with van der Waals surface area (Å²) in [5, 5.41) is 0. The van der Waals surface area contributed by atoms with Gasteiger partial charge in [0.25, 0.3) is 0 Å². The van der Waals surface area contributed by atoms with Gasteiger partial charge in [0, 0.05) is 6.92 Å². The smallest absolute Gasteiger partial charge is 0.302 e. The van der Waals surface area contributed by atoms with E-state index in [1.165, 1.54) is 25.3 Å². The van der Waals surface area contributed by atoms with E-state index in [0.717, 1.165) is 18.4 Å². The first-order chi connectivity index (χ1) is 8.99. The maximum Gasteiger partial charge on any atom is 0.302 e. The van der Waals surface area contributed by atoms with E-state index in [1.54, 1.807) is 5.57 Å². The molecule has 0 saturated heterocycles. The van der Waals surface area contributed by atoms with Crippen LogP contribution >= 0.6 is 0 Å². The Labute approximate surface area is 117 Å². The van der Waals surface area contributed by atoms with E-state index in [1.807, 2.05) is 6.92 Å². The van der Waals surface area contributed by atoms with Gasteiger partial charge in [-0.3, -0.25) is 4.79 Å². The van der Waals surface area contributed by atoms with Crippen molar-refractivity contribution in [3.63, 3.8) is 0 Å². The van der Waals surface area contributed by atoms with Crippen molar-refractivity contribution < 1.29 is 9.53 Å². The fraction of sp³-hybridized carbons (Fsp3) is 0.588. The first-order valence-corrected chi connectivity index (χ1v) is 7.14. The van der Waals surface area contributed by atoms with Crippen LogP contribution in [-0.4, -0.2) is 12.6 Å². The van der Waals surface area contributed by atoms with Crippen molar-refractivity contribution in [2.24, 2.45) is 5.92 Å². The van der Waals surface area contributed by atoms with E-state index >= 15 is 0 Å². The van der Waals surface area contributed by atoms with Crippen LogP contribution < -0.4 is 0 Å². The van der Waals surface area contributed by atoms with Gasteiger partial charge in [-0.15, -0.1) is 0 Å². The second-order valence-corrected chi connectivity index (χ2v) is 5.56. The molecule has 0 spiro atoms. The molecular weight excluding hydrogens is 236 g/mol. The molecule has 2 heteroatoms. The van der Waals surface area contributed by atoms with Crippen LogP contribution in [0.15, 0.2) is 34.9 Å². The second kappa shape index (κ2) is 7.98. The van der Waals surface area contributed by atoms with Crippen LogP contribution in [0.5, 0.6) is 0 Å². The quantitative estimate of drug-likeness (QED) is 0.517. The Morgan fingerprint density at radius 2 is 2.11 bits per heavy atom. The molecule has 0 heterocycles. The van der Waals surface area contributed by atoms with Gasteiger partial charge in [0.1, 0.15) is 6.61 Å². The van der Waals surface area contributed by atoms with Crippen molar-refractivity contribution >= 4 is 5.97 Å². The van der Waals surface area contributed by atoms with Crippen molar-refractivity contribution in [3.8, 4) is 0 Å². The molecule has 1 rings (SSSR count). The molecule has 0 fully saturated rings. The van der Waals surface area contributed by atoms with Gasteiger partial charge >= 0.3 is 5.97 Å². The first-order valence-electron chi connectivity index (χ1n) is 7.14. The lowest BCUT2D eigenvalue weighted by atomic mass is 9.88. The van der Waals surface area contributed by atoms with Gasteiger partial charge in [-0.1, -0.05) is 36.3 Å². The Morgan fingerprint density at radius 3 is 2.68 bits per heavy atom. The highest BCUT2D eigenvalue weighted by molar-refractivity contribution is 5.66. The highest BCUT2D eigenvalue weighted by atomic mass is 16.5. The second-order valence-electron chi connectivity index (χ2n) is 5.56. The number of carbonyl (C=O) groups excluding carboxylic acids is 1. The molecule has 0 unspecified atom stereocenters. The number of esters is 1. The van der Waals surface area contributed by atoms with Crippen molar-refractivity contribution in [3.05, 3.63) is 34.9 Å². The molecule has 0 aromatic heterocycles. The van der Waals surface area contributed by atoms with Crippen molar-refractivity contribution in [2.45, 2.75) is 53.4 Å². The molecule has 0 aromatic carbocycles. The monoisotopic (exact) mass is 262 g/mol. The number of hydrogen-bond acceptors (Lipinski definition) is 2. The zero-order chi connectivity index (χ0) is 14.3. The van der Waals surface area contributed by atoms with Gasteiger partial charge in [0.05, 0.1) is 0 Å². The van der Waals surface area contributed by atoms with E-state index in [4.69, 9.17) is 4.74 Å². The number of allylic oxidation sites excluding steroid dienone is 5. The summed E-state index contributed by atoms with van der Waals surface area (Å²) in [6, 6.07) is 0. The first kappa shape index (κ1) is 15.7. The van der Waals surface area contributed by atoms with Gasteiger partial charge in [-0.2, -0.15) is 0 Å². The van der Waals surface area contributed by atoms with Gasteiger partial charge < -0.3 is 4.74 Å². The summed E-state index contributed by atoms with van der Waals surface area (Å²) in [6.45, 7) is 8.38. The molecule has 1 aliphatic carbocycles. The highest BCUT2D eigenvalue weighted by Crippen LogP contribution is 2.26. The Balaban J connectivity index is 2.32. The minimum Gasteiger partial charge on any atom is -0.461 e. The Bertz CT molecular complexity index is 399. The van der Waals surface area contributed by atoms with Crippen LogP contribution in [0.4, 0.5) is 0 Å². The van der Waals surface area contributed by atoms with Crippen LogP contribution in [0, 0.1) is 5.92 Å². The lowest BCUT2D eigenvalue weighted by Crippen LogP contribution is -2.03. The van der Waals surface area contributed by atoms with E-state index in [0.29, 0.717) is 12.5 Å². The van der Waals surface area contributed by atoms with Gasteiger partial charge in [-0.25, -0.2) is 0 Å². The van der Waals surface area contributed by atoms with Crippen LogP contribution in [0.25, 0.3) is 0 Å². The predicted molar refractivity (Wildman–Crippen MR) is 79.9 cm³/mol. The third-order valence-electron chi connectivity index (χ3n) is 3.62. The Kier molecular flexibility index (Phi) is 6.61. The average Bonchev–Trinajstić information content (AvgIpc) is 2.37. The summed E-state index contributed by atoms with van der Waals surface area (Å²) in [7, 11) is 0. The highest BCUT2D eigenvalue weighted by Gasteiger charge is 2.10. The fourth-order valence-electron chi connectivity index (χ4n) is 2.21. The summed E-state index contributed by atoms with van der Waals surface area (Å²) in [5.41, 5.74) is 4.18. The maximum absolute atomic E-state index is 10.7. The summed E-state index contributed by atoms with van der Waals surface area (Å²) >= 11 is 0. The summed E-state index contributed by atoms with van der Waals surface area (Å²) in [5.74, 6) is 0.428. The summed E-state index contributed by atoms with van der Waals surface area (Å²) in [6.07, 6.45) is 11.3. The molecule has 0 aliphatic heterocycles. The molecule has 1 atom stereocenters. The van der Waals surface area contributed by atoms with Crippen LogP contribution in [0.3, 0.4) is 0 Å². The molecule has 0 radical (unpaired) electrons. The molecule has 2 nitrogen and oxygen atoms in total. The number of rotatable bonds is 6. The fourth-order valence-corrected chi connectivity index (χ4v) is 2.21. The van der Waals surface area contributed by atoms with E-state index in [2.05, 4.69) is 32.1 Å². The largest absolute Gasteiger partial charge is 0.461 e. The zero-order valence-corrected chi connectivity index (χ0v) is 12.7. The van der Waals surface area contributed by atoms with Gasteiger partial charge in [-0.05, 0) is 51.0 Å². The summed E-state index contributed by atoms with van der Waals surface area (Å²) in [4.78, 5) is 10.7. The third kappa shape index (κ3) is 6.42. The number of hydrogen-bond donors (Lipinski definition) is 0. The van der Waals surface area contributed by atoms with Crippen LogP contribution in [0.2, 0.25) is 0 Å².